The normalized spacial score (nSPS) is 11.7. The fraction of sp³-hybridized carbons (Fsp3) is 0.471. The molecule has 1 amide bonds. The van der Waals surface area contributed by atoms with Gasteiger partial charge in [0, 0.05) is 30.4 Å². The highest BCUT2D eigenvalue weighted by Gasteiger charge is 2.28. The standard InChI is InChI=1S/C17H24N2O3S/c1-12-5-6-13(2)19(12)16-14(7-8-23-16)15(22)18(4)9-17(3,10-20)11-21/h5-8,20-21H,9-11H2,1-4H3. The average molecular weight is 336 g/mol. The number of thiophene rings is 1. The first-order valence-corrected chi connectivity index (χ1v) is 8.41. The SMILES string of the molecule is Cc1ccc(C)n1-c1sccc1C(=O)N(C)CC(C)(CO)CO. The van der Waals surface area contributed by atoms with E-state index in [-0.39, 0.29) is 25.7 Å². The van der Waals surface area contributed by atoms with Gasteiger partial charge in [-0.05, 0) is 37.4 Å². The lowest BCUT2D eigenvalue weighted by molar-refractivity contribution is 0.0366. The van der Waals surface area contributed by atoms with Gasteiger partial charge in [-0.1, -0.05) is 6.92 Å². The van der Waals surface area contributed by atoms with Crippen molar-refractivity contribution in [3.63, 3.8) is 0 Å². The van der Waals surface area contributed by atoms with E-state index in [1.165, 1.54) is 11.3 Å². The molecule has 2 N–H and O–H groups in total. The Bertz CT molecular complexity index is 666. The third-order valence-corrected chi connectivity index (χ3v) is 4.98. The zero-order valence-electron chi connectivity index (χ0n) is 14.0. The summed E-state index contributed by atoms with van der Waals surface area (Å²) >= 11 is 1.53. The number of rotatable bonds is 6. The Morgan fingerprint density at radius 1 is 1.22 bits per heavy atom. The van der Waals surface area contributed by atoms with Crippen molar-refractivity contribution in [3.05, 3.63) is 40.5 Å². The number of hydrogen-bond acceptors (Lipinski definition) is 4. The van der Waals surface area contributed by atoms with Crippen molar-refractivity contribution < 1.29 is 15.0 Å². The van der Waals surface area contributed by atoms with Crippen LogP contribution in [0, 0.1) is 19.3 Å². The molecule has 0 saturated heterocycles. The summed E-state index contributed by atoms with van der Waals surface area (Å²) < 4.78 is 2.07. The van der Waals surface area contributed by atoms with Crippen molar-refractivity contribution in [2.75, 3.05) is 26.8 Å². The predicted molar refractivity (Wildman–Crippen MR) is 92.4 cm³/mol. The van der Waals surface area contributed by atoms with Crippen molar-refractivity contribution in [2.24, 2.45) is 5.41 Å². The highest BCUT2D eigenvalue weighted by Crippen LogP contribution is 2.27. The zero-order chi connectivity index (χ0) is 17.2. The topological polar surface area (TPSA) is 65.7 Å². The van der Waals surface area contributed by atoms with Crippen molar-refractivity contribution in [3.8, 4) is 5.00 Å². The quantitative estimate of drug-likeness (QED) is 0.850. The smallest absolute Gasteiger partial charge is 0.256 e. The van der Waals surface area contributed by atoms with E-state index in [2.05, 4.69) is 4.57 Å². The molecule has 0 atom stereocenters. The minimum absolute atomic E-state index is 0.109. The molecule has 6 heteroatoms. The molecule has 0 radical (unpaired) electrons. The van der Waals surface area contributed by atoms with E-state index in [1.807, 2.05) is 37.4 Å². The first kappa shape index (κ1) is 17.7. The molecule has 0 aliphatic rings. The molecule has 126 valence electrons. The molecule has 0 unspecified atom stereocenters. The molecule has 0 fully saturated rings. The van der Waals surface area contributed by atoms with Gasteiger partial charge in [-0.2, -0.15) is 0 Å². The molecular formula is C17H24N2O3S. The van der Waals surface area contributed by atoms with Crippen LogP contribution in [0.15, 0.2) is 23.6 Å². The van der Waals surface area contributed by atoms with E-state index in [0.717, 1.165) is 16.4 Å². The van der Waals surface area contributed by atoms with Crippen LogP contribution in [-0.2, 0) is 0 Å². The lowest BCUT2D eigenvalue weighted by atomic mass is 9.92. The van der Waals surface area contributed by atoms with Gasteiger partial charge in [0.25, 0.3) is 5.91 Å². The minimum Gasteiger partial charge on any atom is -0.396 e. The van der Waals surface area contributed by atoms with Crippen molar-refractivity contribution in [1.82, 2.24) is 9.47 Å². The molecule has 2 rings (SSSR count). The second kappa shape index (κ2) is 6.86. The van der Waals surface area contributed by atoms with Crippen LogP contribution in [0.5, 0.6) is 0 Å². The van der Waals surface area contributed by atoms with Crippen LogP contribution in [-0.4, -0.2) is 52.4 Å². The maximum atomic E-state index is 12.8. The van der Waals surface area contributed by atoms with Gasteiger partial charge in [-0.15, -0.1) is 11.3 Å². The van der Waals surface area contributed by atoms with Crippen molar-refractivity contribution >= 4 is 17.2 Å². The van der Waals surface area contributed by atoms with Crippen LogP contribution in [0.2, 0.25) is 0 Å². The number of aryl methyl sites for hydroxylation is 2. The highest BCUT2D eigenvalue weighted by molar-refractivity contribution is 7.13. The summed E-state index contributed by atoms with van der Waals surface area (Å²) in [6, 6.07) is 5.89. The number of aromatic nitrogens is 1. The third kappa shape index (κ3) is 3.49. The van der Waals surface area contributed by atoms with Gasteiger partial charge in [-0.3, -0.25) is 4.79 Å². The summed E-state index contributed by atoms with van der Waals surface area (Å²) in [5.41, 5.74) is 2.09. The van der Waals surface area contributed by atoms with Gasteiger partial charge in [0.05, 0.1) is 18.8 Å². The fourth-order valence-electron chi connectivity index (χ4n) is 2.63. The van der Waals surface area contributed by atoms with Crippen LogP contribution in [0.4, 0.5) is 0 Å². The number of amides is 1. The number of aliphatic hydroxyl groups is 2. The number of nitrogens with zero attached hydrogens (tertiary/aromatic N) is 2. The Morgan fingerprint density at radius 3 is 2.30 bits per heavy atom. The lowest BCUT2D eigenvalue weighted by Gasteiger charge is -2.30. The molecule has 5 nitrogen and oxygen atoms in total. The first-order valence-electron chi connectivity index (χ1n) is 7.53. The largest absolute Gasteiger partial charge is 0.396 e. The van der Waals surface area contributed by atoms with Gasteiger partial charge in [0.15, 0.2) is 0 Å². The monoisotopic (exact) mass is 336 g/mol. The van der Waals surface area contributed by atoms with Crippen LogP contribution in [0.3, 0.4) is 0 Å². The van der Waals surface area contributed by atoms with Gasteiger partial charge < -0.3 is 19.7 Å². The predicted octanol–water partition coefficient (Wildman–Crippen LogP) is 2.22. The van der Waals surface area contributed by atoms with E-state index in [1.54, 1.807) is 18.9 Å². The molecule has 0 bridgehead atoms. The number of carbonyl (C=O) groups is 1. The van der Waals surface area contributed by atoms with E-state index in [0.29, 0.717) is 5.56 Å². The second-order valence-electron chi connectivity index (χ2n) is 6.38. The van der Waals surface area contributed by atoms with Gasteiger partial charge >= 0.3 is 0 Å². The number of hydrogen-bond donors (Lipinski definition) is 2. The van der Waals surface area contributed by atoms with Crippen molar-refractivity contribution in [1.29, 1.82) is 0 Å². The Kier molecular flexibility index (Phi) is 5.29. The van der Waals surface area contributed by atoms with Crippen LogP contribution >= 0.6 is 11.3 Å². The number of aliphatic hydroxyl groups excluding tert-OH is 2. The van der Waals surface area contributed by atoms with Gasteiger partial charge in [0.1, 0.15) is 5.00 Å². The zero-order valence-corrected chi connectivity index (χ0v) is 14.9. The minimum atomic E-state index is -0.708. The molecule has 0 aromatic carbocycles. The summed E-state index contributed by atoms with van der Waals surface area (Å²) in [6.07, 6.45) is 0. The molecule has 0 aliphatic carbocycles. The Balaban J connectivity index is 2.30. The van der Waals surface area contributed by atoms with E-state index in [4.69, 9.17) is 0 Å². The lowest BCUT2D eigenvalue weighted by Crippen LogP contribution is -2.41. The molecule has 0 aliphatic heterocycles. The summed E-state index contributed by atoms with van der Waals surface area (Å²) in [7, 11) is 1.70. The third-order valence-electron chi connectivity index (χ3n) is 4.08. The fourth-order valence-corrected chi connectivity index (χ4v) is 3.63. The first-order chi connectivity index (χ1) is 10.8. The Labute approximate surface area is 140 Å². The Morgan fingerprint density at radius 2 is 1.78 bits per heavy atom. The maximum Gasteiger partial charge on any atom is 0.256 e. The highest BCUT2D eigenvalue weighted by atomic mass is 32.1. The molecule has 2 heterocycles. The summed E-state index contributed by atoms with van der Waals surface area (Å²) in [5.74, 6) is -0.109. The summed E-state index contributed by atoms with van der Waals surface area (Å²) in [6.45, 7) is 5.72. The molecule has 0 saturated carbocycles. The van der Waals surface area contributed by atoms with Gasteiger partial charge in [-0.25, -0.2) is 0 Å². The summed E-state index contributed by atoms with van der Waals surface area (Å²) in [4.78, 5) is 14.4. The van der Waals surface area contributed by atoms with E-state index in [9.17, 15) is 15.0 Å². The summed E-state index contributed by atoms with van der Waals surface area (Å²) in [5, 5.41) is 21.7. The molecule has 23 heavy (non-hydrogen) atoms. The molecule has 2 aromatic heterocycles. The van der Waals surface area contributed by atoms with Crippen LogP contribution in [0.25, 0.3) is 5.00 Å². The molecule has 2 aromatic rings. The van der Waals surface area contributed by atoms with E-state index < -0.39 is 5.41 Å². The number of carbonyl (C=O) groups excluding carboxylic acids is 1. The maximum absolute atomic E-state index is 12.8. The van der Waals surface area contributed by atoms with Crippen molar-refractivity contribution in [2.45, 2.75) is 20.8 Å². The van der Waals surface area contributed by atoms with Crippen LogP contribution < -0.4 is 0 Å². The average Bonchev–Trinajstić information content (AvgIpc) is 3.12. The second-order valence-corrected chi connectivity index (χ2v) is 7.27. The van der Waals surface area contributed by atoms with Crippen LogP contribution in [0.1, 0.15) is 28.7 Å². The van der Waals surface area contributed by atoms with E-state index >= 15 is 0 Å². The molecule has 0 spiro atoms. The Hall–Kier alpha value is -1.63. The molecular weight excluding hydrogens is 312 g/mol. The van der Waals surface area contributed by atoms with Gasteiger partial charge in [0.2, 0.25) is 0 Å².